The predicted molar refractivity (Wildman–Crippen MR) is 108 cm³/mol. The zero-order chi connectivity index (χ0) is 19.7. The minimum Gasteiger partial charge on any atom is -0.497 e. The zero-order valence-electron chi connectivity index (χ0n) is 16.1. The van der Waals surface area contributed by atoms with Gasteiger partial charge in [0.25, 0.3) is 0 Å². The van der Waals surface area contributed by atoms with Gasteiger partial charge in [-0.3, -0.25) is 4.79 Å². The average molecular weight is 376 g/mol. The summed E-state index contributed by atoms with van der Waals surface area (Å²) in [6.45, 7) is 2.40. The van der Waals surface area contributed by atoms with Crippen LogP contribution in [0.15, 0.2) is 42.5 Å². The van der Waals surface area contributed by atoms with Crippen LogP contribution < -0.4 is 10.1 Å². The first-order valence-electron chi connectivity index (χ1n) is 9.55. The number of aliphatic hydroxyl groups excluding tert-OH is 1. The maximum atomic E-state index is 12.2. The van der Waals surface area contributed by atoms with Gasteiger partial charge in [-0.1, -0.05) is 11.8 Å². The van der Waals surface area contributed by atoms with Crippen molar-refractivity contribution in [2.75, 3.05) is 25.6 Å². The molecule has 144 valence electrons. The Bertz CT molecular complexity index is 943. The molecule has 0 unspecified atom stereocenters. The number of nitrogens with one attached hydrogen (secondary N) is 1. The monoisotopic (exact) mass is 376 g/mol. The molecule has 2 aromatic carbocycles. The number of anilines is 1. The molecule has 2 aliphatic rings. The molecule has 1 saturated heterocycles. The Morgan fingerprint density at radius 1 is 1.21 bits per heavy atom. The number of carbonyl (C=O) groups is 1. The van der Waals surface area contributed by atoms with Gasteiger partial charge in [-0.15, -0.1) is 0 Å². The van der Waals surface area contributed by atoms with Crippen molar-refractivity contribution in [2.24, 2.45) is 5.92 Å². The van der Waals surface area contributed by atoms with Crippen LogP contribution in [0, 0.1) is 17.8 Å². The molecular weight excluding hydrogens is 352 g/mol. The molecule has 28 heavy (non-hydrogen) atoms. The number of methoxy groups -OCH3 is 1. The van der Waals surface area contributed by atoms with Crippen LogP contribution >= 0.6 is 0 Å². The lowest BCUT2D eigenvalue weighted by atomic mass is 9.82. The van der Waals surface area contributed by atoms with Crippen LogP contribution in [-0.2, 0) is 4.79 Å². The Morgan fingerprint density at radius 3 is 2.61 bits per heavy atom. The van der Waals surface area contributed by atoms with Gasteiger partial charge < -0.3 is 20.1 Å². The van der Waals surface area contributed by atoms with Crippen molar-refractivity contribution in [3.63, 3.8) is 0 Å². The maximum absolute atomic E-state index is 12.2. The van der Waals surface area contributed by atoms with Crippen molar-refractivity contribution in [1.82, 2.24) is 4.90 Å². The van der Waals surface area contributed by atoms with Gasteiger partial charge in [0.2, 0.25) is 5.91 Å². The lowest BCUT2D eigenvalue weighted by Crippen LogP contribution is -2.42. The van der Waals surface area contributed by atoms with Crippen LogP contribution in [0.2, 0.25) is 0 Å². The molecule has 2 N–H and O–H groups in total. The fourth-order valence-corrected chi connectivity index (χ4v) is 4.31. The number of hydrogen-bond donors (Lipinski definition) is 2. The number of ether oxygens (including phenoxy) is 1. The fraction of sp³-hybridized carbons (Fsp3) is 0.348. The zero-order valence-corrected chi connectivity index (χ0v) is 16.1. The number of benzene rings is 2. The summed E-state index contributed by atoms with van der Waals surface area (Å²) in [6.07, 6.45) is 0.893. The highest BCUT2D eigenvalue weighted by molar-refractivity contribution is 5.75. The first-order chi connectivity index (χ1) is 13.6. The second-order valence-electron chi connectivity index (χ2n) is 7.32. The first-order valence-corrected chi connectivity index (χ1v) is 9.55. The SMILES string of the molecule is COc1ccc(C#Cc2ccc3c(c2)[C@@H]2[C@@H](CCN2C(C)=O)[C@H](CO)N3)cc1. The highest BCUT2D eigenvalue weighted by Gasteiger charge is 2.44. The molecule has 0 aromatic heterocycles. The molecule has 0 radical (unpaired) electrons. The first kappa shape index (κ1) is 18.4. The van der Waals surface area contributed by atoms with Crippen molar-refractivity contribution >= 4 is 11.6 Å². The van der Waals surface area contributed by atoms with E-state index in [0.717, 1.165) is 41.1 Å². The summed E-state index contributed by atoms with van der Waals surface area (Å²) in [4.78, 5) is 14.1. The molecule has 2 aromatic rings. The number of amides is 1. The topological polar surface area (TPSA) is 61.8 Å². The van der Waals surface area contributed by atoms with Gasteiger partial charge >= 0.3 is 0 Å². The van der Waals surface area contributed by atoms with Gasteiger partial charge in [0.05, 0.1) is 25.8 Å². The quantitative estimate of drug-likeness (QED) is 0.792. The van der Waals surface area contributed by atoms with E-state index in [-0.39, 0.29) is 30.5 Å². The number of nitrogens with zero attached hydrogens (tertiary/aromatic N) is 1. The molecule has 3 atom stereocenters. The molecule has 0 spiro atoms. The summed E-state index contributed by atoms with van der Waals surface area (Å²) < 4.78 is 5.18. The van der Waals surface area contributed by atoms with Crippen LogP contribution in [0.4, 0.5) is 5.69 Å². The summed E-state index contributed by atoms with van der Waals surface area (Å²) in [5.74, 6) is 7.51. The average Bonchev–Trinajstić information content (AvgIpc) is 3.18. The van der Waals surface area contributed by atoms with E-state index in [9.17, 15) is 9.90 Å². The van der Waals surface area contributed by atoms with Crippen LogP contribution in [0.3, 0.4) is 0 Å². The third kappa shape index (κ3) is 3.32. The molecule has 5 heteroatoms. The molecule has 5 nitrogen and oxygen atoms in total. The van der Waals surface area contributed by atoms with Crippen LogP contribution in [0.25, 0.3) is 0 Å². The second-order valence-corrected chi connectivity index (χ2v) is 7.32. The molecule has 2 aliphatic heterocycles. The summed E-state index contributed by atoms with van der Waals surface area (Å²) in [5, 5.41) is 13.2. The second kappa shape index (κ2) is 7.57. The van der Waals surface area contributed by atoms with Crippen molar-refractivity contribution in [3.05, 3.63) is 59.2 Å². The van der Waals surface area contributed by atoms with Gasteiger partial charge in [0.1, 0.15) is 5.75 Å². The van der Waals surface area contributed by atoms with Gasteiger partial charge in [0.15, 0.2) is 0 Å². The number of aliphatic hydroxyl groups is 1. The number of carbonyl (C=O) groups excluding carboxylic acids is 1. The third-order valence-electron chi connectivity index (χ3n) is 5.71. The largest absolute Gasteiger partial charge is 0.497 e. The van der Waals surface area contributed by atoms with Crippen molar-refractivity contribution in [1.29, 1.82) is 0 Å². The van der Waals surface area contributed by atoms with Crippen LogP contribution in [-0.4, -0.2) is 42.2 Å². The van der Waals surface area contributed by atoms with Gasteiger partial charge in [0, 0.05) is 36.2 Å². The highest BCUT2D eigenvalue weighted by Crippen LogP contribution is 2.46. The number of fused-ring (bicyclic) bond motifs is 3. The maximum Gasteiger partial charge on any atom is 0.219 e. The van der Waals surface area contributed by atoms with E-state index in [4.69, 9.17) is 4.74 Å². The van der Waals surface area contributed by atoms with Gasteiger partial charge in [-0.2, -0.15) is 0 Å². The lowest BCUT2D eigenvalue weighted by Gasteiger charge is -2.39. The fourth-order valence-electron chi connectivity index (χ4n) is 4.31. The van der Waals surface area contributed by atoms with Crippen molar-refractivity contribution in [3.8, 4) is 17.6 Å². The van der Waals surface area contributed by atoms with E-state index in [1.54, 1.807) is 14.0 Å². The lowest BCUT2D eigenvalue weighted by molar-refractivity contribution is -0.130. The Hall–Kier alpha value is -2.97. The summed E-state index contributed by atoms with van der Waals surface area (Å²) in [5.41, 5.74) is 3.89. The van der Waals surface area contributed by atoms with Crippen LogP contribution in [0.5, 0.6) is 5.75 Å². The van der Waals surface area contributed by atoms with E-state index in [2.05, 4.69) is 23.2 Å². The Balaban J connectivity index is 1.67. The van der Waals surface area contributed by atoms with E-state index < -0.39 is 0 Å². The van der Waals surface area contributed by atoms with E-state index in [1.807, 2.05) is 41.3 Å². The molecule has 4 rings (SSSR count). The minimum absolute atomic E-state index is 0.00589. The Kier molecular flexibility index (Phi) is 4.97. The normalized spacial score (nSPS) is 22.4. The van der Waals surface area contributed by atoms with Crippen molar-refractivity contribution < 1.29 is 14.6 Å². The highest BCUT2D eigenvalue weighted by atomic mass is 16.5. The number of hydrogen-bond acceptors (Lipinski definition) is 4. The van der Waals surface area contributed by atoms with E-state index >= 15 is 0 Å². The molecule has 1 fully saturated rings. The smallest absolute Gasteiger partial charge is 0.219 e. The molecule has 0 aliphatic carbocycles. The third-order valence-corrected chi connectivity index (χ3v) is 5.71. The minimum atomic E-state index is -0.0296. The number of rotatable bonds is 2. The molecule has 1 amide bonds. The summed E-state index contributed by atoms with van der Waals surface area (Å²) in [7, 11) is 1.64. The standard InChI is InChI=1S/C23H24N2O3/c1-15(27)25-12-11-19-22(14-26)24-21-10-7-17(13-20(21)23(19)25)4-3-16-5-8-18(28-2)9-6-16/h5-10,13,19,22-24,26H,11-12,14H2,1-2H3/t19-,22-,23-/m0/s1. The van der Waals surface area contributed by atoms with E-state index in [0.29, 0.717) is 0 Å². The van der Waals surface area contributed by atoms with Crippen molar-refractivity contribution in [2.45, 2.75) is 25.4 Å². The Morgan fingerprint density at radius 2 is 1.93 bits per heavy atom. The summed E-state index contributed by atoms with van der Waals surface area (Å²) in [6, 6.07) is 13.7. The van der Waals surface area contributed by atoms with E-state index in [1.165, 1.54) is 0 Å². The molecule has 0 bridgehead atoms. The molecule has 0 saturated carbocycles. The number of likely N-dealkylation sites (tertiary alicyclic amines) is 1. The molecular formula is C23H24N2O3. The Labute approximate surface area is 165 Å². The van der Waals surface area contributed by atoms with Crippen LogP contribution in [0.1, 0.15) is 36.1 Å². The predicted octanol–water partition coefficient (Wildman–Crippen LogP) is 2.79. The molecule has 2 heterocycles. The van der Waals surface area contributed by atoms with Gasteiger partial charge in [-0.05, 0) is 54.4 Å². The van der Waals surface area contributed by atoms with Gasteiger partial charge in [-0.25, -0.2) is 0 Å². The summed E-state index contributed by atoms with van der Waals surface area (Å²) >= 11 is 0.